The zero-order valence-corrected chi connectivity index (χ0v) is 14.5. The number of halogens is 1. The number of fused-ring (bicyclic) bond motifs is 1. The summed E-state index contributed by atoms with van der Waals surface area (Å²) in [6, 6.07) is 1.80. The van der Waals surface area contributed by atoms with Crippen molar-refractivity contribution in [2.45, 2.75) is 39.2 Å². The van der Waals surface area contributed by atoms with Gasteiger partial charge in [-0.3, -0.25) is 4.79 Å². The third kappa shape index (κ3) is 4.11. The van der Waals surface area contributed by atoms with Gasteiger partial charge in [-0.15, -0.1) is 0 Å². The number of nitrogens with one attached hydrogen (secondary N) is 1. The average Bonchev–Trinajstić information content (AvgIpc) is 2.54. The van der Waals surface area contributed by atoms with Gasteiger partial charge in [0.05, 0.1) is 5.02 Å². The van der Waals surface area contributed by atoms with Crippen LogP contribution in [0.4, 0.5) is 0 Å². The quantitative estimate of drug-likeness (QED) is 0.675. The Labute approximate surface area is 148 Å². The molecular weight excluding hydrogens is 350 g/mol. The molecule has 1 atom stereocenters. The number of phenolic OH excluding ortho intramolecular Hbond substituents is 1. The highest BCUT2D eigenvalue weighted by molar-refractivity contribution is 6.32. The number of rotatable bonds is 6. The number of aryl methyl sites for hydroxylation is 1. The molecule has 1 aromatic heterocycles. The number of carbonyl (C=O) groups excluding carboxylic acids is 1. The summed E-state index contributed by atoms with van der Waals surface area (Å²) in [5.41, 5.74) is 0.512. The second-order valence-electron chi connectivity index (χ2n) is 5.66. The lowest BCUT2D eigenvalue weighted by molar-refractivity contribution is -0.141. The van der Waals surface area contributed by atoms with E-state index in [0.717, 1.165) is 0 Å². The molecule has 0 aliphatic carbocycles. The molecule has 1 heterocycles. The maximum absolute atomic E-state index is 12.1. The van der Waals surface area contributed by atoms with Crippen molar-refractivity contribution in [1.82, 2.24) is 5.32 Å². The van der Waals surface area contributed by atoms with Crippen molar-refractivity contribution in [2.24, 2.45) is 0 Å². The van der Waals surface area contributed by atoms with E-state index in [9.17, 15) is 19.5 Å². The first-order valence-electron chi connectivity index (χ1n) is 7.71. The lowest BCUT2D eigenvalue weighted by Gasteiger charge is -2.12. The highest BCUT2D eigenvalue weighted by Crippen LogP contribution is 2.30. The van der Waals surface area contributed by atoms with E-state index >= 15 is 0 Å². The Kier molecular flexibility index (Phi) is 5.69. The Morgan fingerprint density at radius 2 is 2.04 bits per heavy atom. The van der Waals surface area contributed by atoms with Crippen molar-refractivity contribution in [1.29, 1.82) is 0 Å². The molecule has 1 aromatic carbocycles. The highest BCUT2D eigenvalue weighted by Gasteiger charge is 2.19. The van der Waals surface area contributed by atoms with Gasteiger partial charge in [0.25, 0.3) is 0 Å². The number of phenols is 1. The molecule has 134 valence electrons. The molecule has 0 aliphatic heterocycles. The second kappa shape index (κ2) is 7.57. The third-order valence-corrected chi connectivity index (χ3v) is 4.30. The van der Waals surface area contributed by atoms with Gasteiger partial charge in [-0.2, -0.15) is 0 Å². The van der Waals surface area contributed by atoms with E-state index < -0.39 is 23.5 Å². The number of carboxylic acids is 1. The Morgan fingerprint density at radius 3 is 2.64 bits per heavy atom. The molecule has 0 unspecified atom stereocenters. The molecule has 0 aliphatic rings. The summed E-state index contributed by atoms with van der Waals surface area (Å²) < 4.78 is 5.18. The number of carboxylic acid groups (broad SMARTS) is 1. The van der Waals surface area contributed by atoms with Crippen LogP contribution in [0.15, 0.2) is 21.3 Å². The van der Waals surface area contributed by atoms with Gasteiger partial charge < -0.3 is 19.9 Å². The molecule has 0 bridgehead atoms. The van der Waals surface area contributed by atoms with Crippen molar-refractivity contribution >= 4 is 34.4 Å². The summed E-state index contributed by atoms with van der Waals surface area (Å²) in [6.45, 7) is 3.35. The monoisotopic (exact) mass is 367 g/mol. The number of carbonyl (C=O) groups is 2. The molecule has 2 rings (SSSR count). The topological polar surface area (TPSA) is 117 Å². The number of aliphatic carboxylic acids is 1. The number of hydrogen-bond acceptors (Lipinski definition) is 5. The average molecular weight is 368 g/mol. The first-order valence-corrected chi connectivity index (χ1v) is 8.09. The molecule has 2 aromatic rings. The summed E-state index contributed by atoms with van der Waals surface area (Å²) in [4.78, 5) is 35.0. The van der Waals surface area contributed by atoms with Crippen LogP contribution in [0, 0.1) is 6.92 Å². The SMILES string of the molecule is CC[C@@H](NC(=O)CCc1c(C)c2cc(Cl)c(O)cc2oc1=O)C(=O)O. The zero-order valence-electron chi connectivity index (χ0n) is 13.8. The highest BCUT2D eigenvalue weighted by atomic mass is 35.5. The fourth-order valence-electron chi connectivity index (χ4n) is 2.53. The van der Waals surface area contributed by atoms with Crippen LogP contribution in [0.2, 0.25) is 5.02 Å². The van der Waals surface area contributed by atoms with Crippen molar-refractivity contribution < 1.29 is 24.2 Å². The minimum atomic E-state index is -1.10. The van der Waals surface area contributed by atoms with Crippen LogP contribution in [0.1, 0.15) is 30.9 Å². The van der Waals surface area contributed by atoms with E-state index in [2.05, 4.69) is 5.32 Å². The molecule has 8 heteroatoms. The fraction of sp³-hybridized carbons (Fsp3) is 0.353. The normalized spacial score (nSPS) is 12.1. The molecule has 0 spiro atoms. The number of aromatic hydroxyl groups is 1. The van der Waals surface area contributed by atoms with Gasteiger partial charge in [0.2, 0.25) is 5.91 Å². The van der Waals surface area contributed by atoms with E-state index in [1.54, 1.807) is 13.8 Å². The molecule has 0 radical (unpaired) electrons. The fourth-order valence-corrected chi connectivity index (χ4v) is 2.69. The van der Waals surface area contributed by atoms with Crippen LogP contribution in [-0.4, -0.2) is 28.1 Å². The predicted molar refractivity (Wildman–Crippen MR) is 92.1 cm³/mol. The summed E-state index contributed by atoms with van der Waals surface area (Å²) in [5, 5.41) is 21.6. The zero-order chi connectivity index (χ0) is 18.7. The van der Waals surface area contributed by atoms with E-state index in [4.69, 9.17) is 21.1 Å². The van der Waals surface area contributed by atoms with Gasteiger partial charge >= 0.3 is 11.6 Å². The molecule has 1 amide bonds. The van der Waals surface area contributed by atoms with Crippen LogP contribution in [-0.2, 0) is 16.0 Å². The van der Waals surface area contributed by atoms with Crippen LogP contribution in [0.5, 0.6) is 5.75 Å². The van der Waals surface area contributed by atoms with Crippen molar-refractivity contribution in [3.05, 3.63) is 38.7 Å². The Balaban J connectivity index is 2.24. The van der Waals surface area contributed by atoms with Crippen molar-refractivity contribution in [3.63, 3.8) is 0 Å². The van der Waals surface area contributed by atoms with Gasteiger partial charge in [0, 0.05) is 23.4 Å². The maximum atomic E-state index is 12.1. The van der Waals surface area contributed by atoms with Gasteiger partial charge in [-0.1, -0.05) is 18.5 Å². The minimum Gasteiger partial charge on any atom is -0.506 e. The summed E-state index contributed by atoms with van der Waals surface area (Å²) in [7, 11) is 0. The van der Waals surface area contributed by atoms with Crippen LogP contribution < -0.4 is 10.9 Å². The molecule has 7 nitrogen and oxygen atoms in total. The number of hydrogen-bond donors (Lipinski definition) is 3. The van der Waals surface area contributed by atoms with E-state index in [0.29, 0.717) is 16.5 Å². The van der Waals surface area contributed by atoms with Crippen LogP contribution in [0.3, 0.4) is 0 Å². The molecular formula is C17H18ClNO6. The lowest BCUT2D eigenvalue weighted by Crippen LogP contribution is -2.40. The van der Waals surface area contributed by atoms with Crippen LogP contribution >= 0.6 is 11.6 Å². The minimum absolute atomic E-state index is 0.0489. The van der Waals surface area contributed by atoms with Crippen LogP contribution in [0.25, 0.3) is 11.0 Å². The number of amides is 1. The Bertz CT molecular complexity index is 889. The first kappa shape index (κ1) is 18.8. The van der Waals surface area contributed by atoms with Crippen molar-refractivity contribution in [3.8, 4) is 5.75 Å². The first-order chi connectivity index (χ1) is 11.7. The smallest absolute Gasteiger partial charge is 0.339 e. The summed E-state index contributed by atoms with van der Waals surface area (Å²) >= 11 is 5.89. The summed E-state index contributed by atoms with van der Waals surface area (Å²) in [6.07, 6.45) is 0.317. The van der Waals surface area contributed by atoms with Gasteiger partial charge in [0.15, 0.2) is 0 Å². The van der Waals surface area contributed by atoms with Gasteiger partial charge in [-0.25, -0.2) is 9.59 Å². The third-order valence-electron chi connectivity index (χ3n) is 4.00. The molecule has 0 saturated heterocycles. The Hall–Kier alpha value is -2.54. The van der Waals surface area contributed by atoms with Gasteiger partial charge in [-0.05, 0) is 31.4 Å². The molecule has 0 fully saturated rings. The molecule has 25 heavy (non-hydrogen) atoms. The predicted octanol–water partition coefficient (Wildman–Crippen LogP) is 2.37. The number of benzene rings is 1. The van der Waals surface area contributed by atoms with Gasteiger partial charge in [0.1, 0.15) is 17.4 Å². The second-order valence-corrected chi connectivity index (χ2v) is 6.07. The Morgan fingerprint density at radius 1 is 1.36 bits per heavy atom. The molecule has 0 saturated carbocycles. The summed E-state index contributed by atoms with van der Waals surface area (Å²) in [5.74, 6) is -1.76. The van der Waals surface area contributed by atoms with E-state index in [-0.39, 0.29) is 35.6 Å². The molecule has 3 N–H and O–H groups in total. The largest absolute Gasteiger partial charge is 0.506 e. The van der Waals surface area contributed by atoms with Crippen molar-refractivity contribution in [2.75, 3.05) is 0 Å². The van der Waals surface area contributed by atoms with E-state index in [1.807, 2.05) is 0 Å². The maximum Gasteiger partial charge on any atom is 0.339 e. The standard InChI is InChI=1S/C17H18ClNO6/c1-3-12(16(22)23)19-15(21)5-4-9-8(2)10-6-11(18)13(20)7-14(10)25-17(9)24/h6-7,12,20H,3-5H2,1-2H3,(H,19,21)(H,22,23)/t12-/m1/s1. The van der Waals surface area contributed by atoms with E-state index in [1.165, 1.54) is 12.1 Å². The lowest BCUT2D eigenvalue weighted by atomic mass is 10.0.